The maximum atomic E-state index is 12.5. The van der Waals surface area contributed by atoms with Crippen LogP contribution in [0.15, 0.2) is 38.9 Å². The highest BCUT2D eigenvalue weighted by atomic mass is 79.9. The van der Waals surface area contributed by atoms with Gasteiger partial charge in [0.15, 0.2) is 0 Å². The zero-order chi connectivity index (χ0) is 14.0. The lowest BCUT2D eigenvalue weighted by atomic mass is 10.5. The van der Waals surface area contributed by atoms with E-state index in [2.05, 4.69) is 30.9 Å². The highest BCUT2D eigenvalue weighted by Crippen LogP contribution is 2.31. The summed E-state index contributed by atoms with van der Waals surface area (Å²) in [5.41, 5.74) is 5.34. The van der Waals surface area contributed by atoms with Crippen LogP contribution < -0.4 is 5.73 Å². The van der Waals surface area contributed by atoms with Gasteiger partial charge < -0.3 is 5.73 Å². The lowest BCUT2D eigenvalue weighted by Crippen LogP contribution is -2.12. The van der Waals surface area contributed by atoms with Gasteiger partial charge in [-0.3, -0.25) is 0 Å². The summed E-state index contributed by atoms with van der Waals surface area (Å²) in [7, 11) is 0. The molecular weight excluding hydrogens is 345 g/mol. The number of hydrogen-bond acceptors (Lipinski definition) is 5. The number of halogens is 4. The predicted molar refractivity (Wildman–Crippen MR) is 67.5 cm³/mol. The molecule has 0 radical (unpaired) electrons. The largest absolute Gasteiger partial charge is 0.451 e. The van der Waals surface area contributed by atoms with E-state index >= 15 is 0 Å². The van der Waals surface area contributed by atoms with E-state index in [1.165, 1.54) is 12.3 Å². The Morgan fingerprint density at radius 3 is 2.47 bits per heavy atom. The maximum absolute atomic E-state index is 12.5. The second kappa shape index (κ2) is 5.33. The van der Waals surface area contributed by atoms with Gasteiger partial charge >= 0.3 is 6.18 Å². The first-order valence-electron chi connectivity index (χ1n) is 4.86. The minimum absolute atomic E-state index is 0.0923. The molecule has 19 heavy (non-hydrogen) atoms. The van der Waals surface area contributed by atoms with Gasteiger partial charge in [-0.2, -0.15) is 13.2 Å². The molecule has 0 aliphatic rings. The topological polar surface area (TPSA) is 64.7 Å². The Labute approximate surface area is 118 Å². The molecule has 0 saturated heterocycles. The van der Waals surface area contributed by atoms with Crippen molar-refractivity contribution in [1.82, 2.24) is 15.0 Å². The lowest BCUT2D eigenvalue weighted by molar-refractivity contribution is -0.145. The van der Waals surface area contributed by atoms with E-state index in [-0.39, 0.29) is 10.8 Å². The quantitative estimate of drug-likeness (QED) is 0.841. The third-order valence-electron chi connectivity index (χ3n) is 1.89. The standard InChI is InChI=1S/C10H6BrF3N4S/c11-5-1-2-7(16-4-5)19-8-3-6(15)17-9(18-8)10(12,13)14/h1-4H,(H2,15,17,18). The van der Waals surface area contributed by atoms with Crippen LogP contribution in [0.2, 0.25) is 0 Å². The van der Waals surface area contributed by atoms with Crippen LogP contribution in [0.25, 0.3) is 0 Å². The summed E-state index contributed by atoms with van der Waals surface area (Å²) in [6, 6.07) is 4.65. The van der Waals surface area contributed by atoms with E-state index in [1.807, 2.05) is 0 Å². The number of hydrogen-bond donors (Lipinski definition) is 1. The molecule has 0 unspecified atom stereocenters. The highest BCUT2D eigenvalue weighted by Gasteiger charge is 2.35. The molecule has 2 N–H and O–H groups in total. The minimum atomic E-state index is -4.63. The average molecular weight is 351 g/mol. The van der Waals surface area contributed by atoms with E-state index in [0.29, 0.717) is 5.03 Å². The van der Waals surface area contributed by atoms with Crippen molar-refractivity contribution >= 4 is 33.5 Å². The first-order chi connectivity index (χ1) is 8.84. The molecule has 100 valence electrons. The van der Waals surface area contributed by atoms with Crippen molar-refractivity contribution in [2.45, 2.75) is 16.2 Å². The van der Waals surface area contributed by atoms with Crippen molar-refractivity contribution in [3.8, 4) is 0 Å². The Bertz CT molecular complexity index is 588. The van der Waals surface area contributed by atoms with Crippen LogP contribution >= 0.6 is 27.7 Å². The monoisotopic (exact) mass is 350 g/mol. The van der Waals surface area contributed by atoms with E-state index in [0.717, 1.165) is 16.2 Å². The van der Waals surface area contributed by atoms with Crippen LogP contribution in [0.1, 0.15) is 5.82 Å². The minimum Gasteiger partial charge on any atom is -0.384 e. The normalized spacial score (nSPS) is 11.6. The van der Waals surface area contributed by atoms with Crippen LogP contribution in [0.5, 0.6) is 0 Å². The number of pyridine rings is 1. The van der Waals surface area contributed by atoms with Gasteiger partial charge in [-0.15, -0.1) is 0 Å². The fourth-order valence-corrected chi connectivity index (χ4v) is 2.15. The molecule has 0 aromatic carbocycles. The van der Waals surface area contributed by atoms with Gasteiger partial charge in [-0.1, -0.05) is 0 Å². The molecule has 9 heteroatoms. The first kappa shape index (κ1) is 14.1. The van der Waals surface area contributed by atoms with E-state index < -0.39 is 12.0 Å². The maximum Gasteiger partial charge on any atom is 0.451 e. The number of alkyl halides is 3. The Hall–Kier alpha value is -1.35. The summed E-state index contributed by atoms with van der Waals surface area (Å²) in [5.74, 6) is -1.49. The Morgan fingerprint density at radius 1 is 1.16 bits per heavy atom. The summed E-state index contributed by atoms with van der Waals surface area (Å²) in [5, 5.41) is 0.601. The molecule has 4 nitrogen and oxygen atoms in total. The summed E-state index contributed by atoms with van der Waals surface area (Å²) < 4.78 is 38.4. The Balaban J connectivity index is 2.30. The van der Waals surface area contributed by atoms with Gasteiger partial charge in [0.1, 0.15) is 15.9 Å². The van der Waals surface area contributed by atoms with Crippen LogP contribution in [0.3, 0.4) is 0 Å². The molecule has 2 rings (SSSR count). The van der Waals surface area contributed by atoms with E-state index in [9.17, 15) is 13.2 Å². The van der Waals surface area contributed by atoms with Crippen LogP contribution in [-0.4, -0.2) is 15.0 Å². The zero-order valence-corrected chi connectivity index (χ0v) is 11.6. The second-order valence-electron chi connectivity index (χ2n) is 3.37. The summed E-state index contributed by atoms with van der Waals surface area (Å²) >= 11 is 4.19. The lowest BCUT2D eigenvalue weighted by Gasteiger charge is -2.07. The second-order valence-corrected chi connectivity index (χ2v) is 5.33. The summed E-state index contributed by atoms with van der Waals surface area (Å²) in [6.45, 7) is 0. The van der Waals surface area contributed by atoms with Gasteiger partial charge in [0, 0.05) is 16.7 Å². The van der Waals surface area contributed by atoms with Crippen molar-refractivity contribution in [3.63, 3.8) is 0 Å². The molecule has 0 fully saturated rings. The van der Waals surface area contributed by atoms with Crippen LogP contribution in [0.4, 0.5) is 19.0 Å². The van der Waals surface area contributed by atoms with Gasteiger partial charge in [0.2, 0.25) is 5.82 Å². The third kappa shape index (κ3) is 3.80. The van der Waals surface area contributed by atoms with E-state index in [1.54, 1.807) is 12.1 Å². The Kier molecular flexibility index (Phi) is 3.95. The van der Waals surface area contributed by atoms with Gasteiger partial charge in [0.25, 0.3) is 0 Å². The molecule has 2 aromatic rings. The van der Waals surface area contributed by atoms with Crippen LogP contribution in [-0.2, 0) is 6.18 Å². The number of rotatable bonds is 2. The number of anilines is 1. The number of nitrogens with two attached hydrogens (primary N) is 1. The third-order valence-corrected chi connectivity index (χ3v) is 3.22. The summed E-state index contributed by atoms with van der Waals surface area (Å²) in [4.78, 5) is 10.6. The Morgan fingerprint density at radius 2 is 1.89 bits per heavy atom. The molecule has 0 atom stereocenters. The first-order valence-corrected chi connectivity index (χ1v) is 6.47. The highest BCUT2D eigenvalue weighted by molar-refractivity contribution is 9.10. The molecule has 0 spiro atoms. The molecular formula is C10H6BrF3N4S. The van der Waals surface area contributed by atoms with Crippen molar-refractivity contribution in [1.29, 1.82) is 0 Å². The van der Waals surface area contributed by atoms with Gasteiger partial charge in [0.05, 0.1) is 0 Å². The fourth-order valence-electron chi connectivity index (χ4n) is 1.15. The number of nitrogens with zero attached hydrogens (tertiary/aromatic N) is 3. The summed E-state index contributed by atoms with van der Waals surface area (Å²) in [6.07, 6.45) is -3.09. The van der Waals surface area contributed by atoms with Gasteiger partial charge in [-0.05, 0) is 39.8 Å². The van der Waals surface area contributed by atoms with Crippen molar-refractivity contribution in [2.24, 2.45) is 0 Å². The SMILES string of the molecule is Nc1cc(Sc2ccc(Br)cn2)nc(C(F)(F)F)n1. The smallest absolute Gasteiger partial charge is 0.384 e. The van der Waals surface area contributed by atoms with Gasteiger partial charge in [-0.25, -0.2) is 15.0 Å². The molecule has 2 heterocycles. The van der Waals surface area contributed by atoms with Crippen molar-refractivity contribution < 1.29 is 13.2 Å². The molecule has 0 bridgehead atoms. The fraction of sp³-hybridized carbons (Fsp3) is 0.100. The van der Waals surface area contributed by atoms with Crippen molar-refractivity contribution in [3.05, 3.63) is 34.7 Å². The van der Waals surface area contributed by atoms with Crippen LogP contribution in [0, 0.1) is 0 Å². The zero-order valence-electron chi connectivity index (χ0n) is 9.15. The van der Waals surface area contributed by atoms with Crippen molar-refractivity contribution in [2.75, 3.05) is 5.73 Å². The average Bonchev–Trinajstić information content (AvgIpc) is 2.30. The number of nitrogen functional groups attached to an aromatic ring is 1. The molecule has 2 aromatic heterocycles. The molecule has 0 saturated carbocycles. The predicted octanol–water partition coefficient (Wildman–Crippen LogP) is 3.39. The van der Waals surface area contributed by atoms with E-state index in [4.69, 9.17) is 5.73 Å². The molecule has 0 aliphatic carbocycles. The number of aromatic nitrogens is 3. The molecule has 0 amide bonds. The molecule has 0 aliphatic heterocycles.